The number of fused-ring (bicyclic) bond motifs is 1. The number of hydrogen-bond acceptors (Lipinski definition) is 9. The highest BCUT2D eigenvalue weighted by atomic mass is 32.1. The van der Waals surface area contributed by atoms with Crippen molar-refractivity contribution in [3.63, 3.8) is 0 Å². The van der Waals surface area contributed by atoms with Crippen molar-refractivity contribution in [2.24, 2.45) is 0 Å². The van der Waals surface area contributed by atoms with Crippen LogP contribution < -0.4 is 33.8 Å². The van der Waals surface area contributed by atoms with Crippen LogP contribution in [0.2, 0.25) is 0 Å². The van der Waals surface area contributed by atoms with Crippen molar-refractivity contribution in [1.82, 2.24) is 14.6 Å². The molecule has 0 atom stereocenters. The smallest absolute Gasteiger partial charge is 0.291 e. The number of benzene rings is 2. The molecule has 4 aromatic rings. The Kier molecular flexibility index (Phi) is 6.69. The topological polar surface area (TPSA) is 93.4 Å². The molecule has 0 fully saturated rings. The third-order valence-electron chi connectivity index (χ3n) is 5.02. The zero-order valence-electron chi connectivity index (χ0n) is 19.3. The van der Waals surface area contributed by atoms with E-state index in [1.54, 1.807) is 52.7 Å². The van der Waals surface area contributed by atoms with Crippen LogP contribution in [0, 0.1) is 0 Å². The first-order chi connectivity index (χ1) is 16.5. The number of hydrogen-bond donors (Lipinski definition) is 0. The second-order valence-electron chi connectivity index (χ2n) is 6.99. The van der Waals surface area contributed by atoms with Crippen molar-refractivity contribution in [1.29, 1.82) is 0 Å². The van der Waals surface area contributed by atoms with E-state index in [1.165, 1.54) is 23.0 Å². The predicted octanol–water partition coefficient (Wildman–Crippen LogP) is 2.91. The molecule has 2 aromatic heterocycles. The van der Waals surface area contributed by atoms with Gasteiger partial charge in [0.2, 0.25) is 10.7 Å². The van der Waals surface area contributed by atoms with E-state index < -0.39 is 0 Å². The lowest BCUT2D eigenvalue weighted by Crippen LogP contribution is -2.23. The highest BCUT2D eigenvalue weighted by Gasteiger charge is 2.14. The van der Waals surface area contributed by atoms with Crippen LogP contribution >= 0.6 is 11.3 Å². The molecule has 9 nitrogen and oxygen atoms in total. The molecule has 0 unspecified atom stereocenters. The van der Waals surface area contributed by atoms with Gasteiger partial charge in [-0.15, -0.1) is 5.10 Å². The fraction of sp³-hybridized carbons (Fsp3) is 0.208. The Morgan fingerprint density at radius 2 is 1.44 bits per heavy atom. The highest BCUT2D eigenvalue weighted by molar-refractivity contribution is 7.15. The number of thiazole rings is 1. The number of nitrogens with zero attached hydrogens (tertiary/aromatic N) is 3. The molecular formula is C24H23N3O6S. The lowest BCUT2D eigenvalue weighted by molar-refractivity contribution is 0.324. The summed E-state index contributed by atoms with van der Waals surface area (Å²) >= 11 is 1.25. The van der Waals surface area contributed by atoms with Gasteiger partial charge >= 0.3 is 0 Å². The molecule has 0 aliphatic heterocycles. The van der Waals surface area contributed by atoms with Crippen LogP contribution in [0.25, 0.3) is 23.2 Å². The SMILES string of the molecule is COc1ccc(/C=C/c2nc3s/c(=C\c4cc(OC)c(OC)c(OC)c4)c(=O)n3n2)cc1OC. The first-order valence-corrected chi connectivity index (χ1v) is 10.9. The summed E-state index contributed by atoms with van der Waals surface area (Å²) in [6, 6.07) is 9.09. The van der Waals surface area contributed by atoms with Crippen LogP contribution in [0.5, 0.6) is 28.7 Å². The van der Waals surface area contributed by atoms with Crippen molar-refractivity contribution in [2.75, 3.05) is 35.5 Å². The molecule has 10 heteroatoms. The van der Waals surface area contributed by atoms with Crippen LogP contribution in [0.3, 0.4) is 0 Å². The second kappa shape index (κ2) is 9.84. The first-order valence-electron chi connectivity index (χ1n) is 10.1. The van der Waals surface area contributed by atoms with Crippen molar-refractivity contribution >= 4 is 34.5 Å². The lowest BCUT2D eigenvalue weighted by Gasteiger charge is -2.12. The van der Waals surface area contributed by atoms with Crippen LogP contribution in [-0.2, 0) is 0 Å². The Balaban J connectivity index is 1.66. The molecule has 2 heterocycles. The zero-order chi connectivity index (χ0) is 24.2. The van der Waals surface area contributed by atoms with E-state index in [0.29, 0.717) is 44.1 Å². The fourth-order valence-electron chi connectivity index (χ4n) is 3.38. The summed E-state index contributed by atoms with van der Waals surface area (Å²) in [6.07, 6.45) is 5.32. The number of ether oxygens (including phenoxy) is 5. The van der Waals surface area contributed by atoms with Crippen molar-refractivity contribution < 1.29 is 23.7 Å². The number of methoxy groups -OCH3 is 5. The molecule has 0 N–H and O–H groups in total. The summed E-state index contributed by atoms with van der Waals surface area (Å²) < 4.78 is 28.5. The van der Waals surface area contributed by atoms with Crippen molar-refractivity contribution in [3.05, 3.63) is 62.2 Å². The molecule has 0 amide bonds. The van der Waals surface area contributed by atoms with Gasteiger partial charge in [0.1, 0.15) is 0 Å². The predicted molar refractivity (Wildman–Crippen MR) is 130 cm³/mol. The van der Waals surface area contributed by atoms with Gasteiger partial charge in [-0.25, -0.2) is 0 Å². The van der Waals surface area contributed by atoms with Crippen molar-refractivity contribution in [2.45, 2.75) is 0 Å². The minimum Gasteiger partial charge on any atom is -0.493 e. The molecular weight excluding hydrogens is 458 g/mol. The molecule has 0 radical (unpaired) electrons. The Morgan fingerprint density at radius 3 is 2.03 bits per heavy atom. The molecule has 0 spiro atoms. The summed E-state index contributed by atoms with van der Waals surface area (Å²) in [4.78, 5) is 17.9. The van der Waals surface area contributed by atoms with Crippen molar-refractivity contribution in [3.8, 4) is 28.7 Å². The highest BCUT2D eigenvalue weighted by Crippen LogP contribution is 2.38. The third-order valence-corrected chi connectivity index (χ3v) is 5.97. The molecule has 0 aliphatic carbocycles. The summed E-state index contributed by atoms with van der Waals surface area (Å²) in [5.41, 5.74) is 1.35. The van der Waals surface area contributed by atoms with E-state index in [4.69, 9.17) is 23.7 Å². The molecule has 0 bridgehead atoms. The van der Waals surface area contributed by atoms with E-state index in [-0.39, 0.29) is 5.56 Å². The van der Waals surface area contributed by atoms with E-state index in [9.17, 15) is 4.79 Å². The minimum absolute atomic E-state index is 0.257. The Morgan fingerprint density at radius 1 is 0.794 bits per heavy atom. The molecule has 2 aromatic carbocycles. The largest absolute Gasteiger partial charge is 0.493 e. The average Bonchev–Trinajstić information content (AvgIpc) is 3.39. The number of rotatable bonds is 8. The van der Waals surface area contributed by atoms with Gasteiger partial charge in [0.25, 0.3) is 5.56 Å². The first kappa shape index (κ1) is 23.1. The molecule has 176 valence electrons. The van der Waals surface area contributed by atoms with E-state index >= 15 is 0 Å². The van der Waals surface area contributed by atoms with Gasteiger partial charge in [0.05, 0.1) is 40.1 Å². The van der Waals surface area contributed by atoms with Gasteiger partial charge in [-0.1, -0.05) is 23.5 Å². The Hall–Kier alpha value is -4.05. The fourth-order valence-corrected chi connectivity index (χ4v) is 4.30. The molecule has 0 saturated carbocycles. The quantitative estimate of drug-likeness (QED) is 0.379. The maximum Gasteiger partial charge on any atom is 0.291 e. The van der Waals surface area contributed by atoms with Gasteiger partial charge in [0, 0.05) is 0 Å². The van der Waals surface area contributed by atoms with Crippen LogP contribution in [0.15, 0.2) is 35.1 Å². The van der Waals surface area contributed by atoms with Gasteiger partial charge in [-0.2, -0.15) is 9.50 Å². The van der Waals surface area contributed by atoms with Gasteiger partial charge in [-0.05, 0) is 47.5 Å². The third kappa shape index (κ3) is 4.40. The standard InChI is InChI=1S/C24H23N3O6S/c1-29-16-8-6-14(10-17(16)30-2)7-9-21-25-24-27(26-21)23(28)20(34-24)13-15-11-18(31-3)22(33-5)19(12-15)32-4/h6-13H,1-5H3/b9-7+,20-13-. The average molecular weight is 482 g/mol. The van der Waals surface area contributed by atoms with Crippen LogP contribution in [0.4, 0.5) is 0 Å². The van der Waals surface area contributed by atoms with Crippen LogP contribution in [-0.4, -0.2) is 50.1 Å². The summed E-state index contributed by atoms with van der Waals surface area (Å²) in [5, 5.41) is 4.33. The minimum atomic E-state index is -0.257. The van der Waals surface area contributed by atoms with E-state index in [2.05, 4.69) is 10.1 Å². The second-order valence-corrected chi connectivity index (χ2v) is 8.00. The summed E-state index contributed by atoms with van der Waals surface area (Å²) in [7, 11) is 7.79. The summed E-state index contributed by atoms with van der Waals surface area (Å²) in [6.45, 7) is 0. The van der Waals surface area contributed by atoms with Gasteiger partial charge < -0.3 is 23.7 Å². The lowest BCUT2D eigenvalue weighted by atomic mass is 10.1. The van der Waals surface area contributed by atoms with E-state index in [0.717, 1.165) is 11.1 Å². The Labute approximate surface area is 199 Å². The summed E-state index contributed by atoms with van der Waals surface area (Å²) in [5.74, 6) is 3.19. The maximum atomic E-state index is 12.9. The molecule has 34 heavy (non-hydrogen) atoms. The van der Waals surface area contributed by atoms with Gasteiger partial charge in [0.15, 0.2) is 28.8 Å². The normalized spacial score (nSPS) is 11.9. The molecule has 0 aliphatic rings. The molecule has 0 saturated heterocycles. The van der Waals surface area contributed by atoms with Gasteiger partial charge in [-0.3, -0.25) is 4.79 Å². The number of aromatic nitrogens is 3. The maximum absolute atomic E-state index is 12.9. The molecule has 4 rings (SSSR count). The Bertz CT molecular complexity index is 1450. The monoisotopic (exact) mass is 481 g/mol. The van der Waals surface area contributed by atoms with E-state index in [1.807, 2.05) is 24.3 Å². The zero-order valence-corrected chi connectivity index (χ0v) is 20.1. The van der Waals surface area contributed by atoms with Crippen LogP contribution in [0.1, 0.15) is 17.0 Å².